The molecule has 0 unspecified atom stereocenters. The van der Waals surface area contributed by atoms with E-state index in [9.17, 15) is 4.79 Å². The molecule has 0 spiro atoms. The summed E-state index contributed by atoms with van der Waals surface area (Å²) in [7, 11) is 0. The van der Waals surface area contributed by atoms with Gasteiger partial charge in [-0.15, -0.1) is 0 Å². The Balaban J connectivity index is 1.89. The molecule has 1 aliphatic heterocycles. The van der Waals surface area contributed by atoms with Crippen molar-refractivity contribution < 1.29 is 9.53 Å². The highest BCUT2D eigenvalue weighted by Gasteiger charge is 2.13. The molecule has 94 valence electrons. The van der Waals surface area contributed by atoms with Gasteiger partial charge in [0.1, 0.15) is 0 Å². The van der Waals surface area contributed by atoms with Crippen molar-refractivity contribution in [2.24, 2.45) is 0 Å². The lowest BCUT2D eigenvalue weighted by molar-refractivity contribution is -0.121. The number of nitrogens with one attached hydrogen (secondary N) is 2. The smallest absolute Gasteiger partial charge is 0.220 e. The summed E-state index contributed by atoms with van der Waals surface area (Å²) in [4.78, 5) is 11.4. The van der Waals surface area contributed by atoms with Gasteiger partial charge in [-0.3, -0.25) is 4.79 Å². The van der Waals surface area contributed by atoms with Crippen molar-refractivity contribution in [2.45, 2.75) is 45.1 Å². The van der Waals surface area contributed by atoms with Gasteiger partial charge in [0.15, 0.2) is 0 Å². The predicted octanol–water partition coefficient (Wildman–Crippen LogP) is 1.06. The standard InChI is InChI=1S/C12H24N2O2/c1-2-16-10-4-6-12(15)14-9-7-11-5-3-8-13-11/h11,13H,2-10H2,1H3,(H,14,15)/t11-/m1/s1. The Morgan fingerprint density at radius 3 is 3.12 bits per heavy atom. The van der Waals surface area contributed by atoms with Crippen molar-refractivity contribution in [3.8, 4) is 0 Å². The first-order chi connectivity index (χ1) is 7.83. The zero-order valence-corrected chi connectivity index (χ0v) is 10.3. The van der Waals surface area contributed by atoms with Crippen LogP contribution in [0.5, 0.6) is 0 Å². The van der Waals surface area contributed by atoms with Crippen LogP contribution in [0.4, 0.5) is 0 Å². The summed E-state index contributed by atoms with van der Waals surface area (Å²) < 4.78 is 5.18. The van der Waals surface area contributed by atoms with Gasteiger partial charge in [-0.25, -0.2) is 0 Å². The number of hydrogen-bond donors (Lipinski definition) is 2. The van der Waals surface area contributed by atoms with E-state index in [1.54, 1.807) is 0 Å². The molecule has 4 nitrogen and oxygen atoms in total. The third-order valence-corrected chi connectivity index (χ3v) is 2.87. The van der Waals surface area contributed by atoms with E-state index in [1.165, 1.54) is 12.8 Å². The molecule has 0 saturated carbocycles. The maximum Gasteiger partial charge on any atom is 0.220 e. The zero-order valence-electron chi connectivity index (χ0n) is 10.3. The summed E-state index contributed by atoms with van der Waals surface area (Å²) >= 11 is 0. The van der Waals surface area contributed by atoms with Crippen LogP contribution in [0.25, 0.3) is 0 Å². The van der Waals surface area contributed by atoms with Crippen LogP contribution in [0, 0.1) is 0 Å². The largest absolute Gasteiger partial charge is 0.382 e. The van der Waals surface area contributed by atoms with Crippen LogP contribution < -0.4 is 10.6 Å². The average molecular weight is 228 g/mol. The van der Waals surface area contributed by atoms with Crippen molar-refractivity contribution in [3.63, 3.8) is 0 Å². The molecule has 0 aromatic rings. The Kier molecular flexibility index (Phi) is 7.17. The fourth-order valence-electron chi connectivity index (χ4n) is 1.96. The lowest BCUT2D eigenvalue weighted by Gasteiger charge is -2.10. The minimum atomic E-state index is 0.151. The van der Waals surface area contributed by atoms with E-state index < -0.39 is 0 Å². The van der Waals surface area contributed by atoms with Gasteiger partial charge >= 0.3 is 0 Å². The van der Waals surface area contributed by atoms with Crippen molar-refractivity contribution >= 4 is 5.91 Å². The number of carbonyl (C=O) groups excluding carboxylic acids is 1. The Morgan fingerprint density at radius 1 is 1.56 bits per heavy atom. The Morgan fingerprint density at radius 2 is 2.44 bits per heavy atom. The molecule has 1 amide bonds. The van der Waals surface area contributed by atoms with E-state index in [4.69, 9.17) is 4.74 Å². The van der Waals surface area contributed by atoms with E-state index in [2.05, 4.69) is 10.6 Å². The Bertz CT molecular complexity index is 191. The molecule has 2 N–H and O–H groups in total. The highest BCUT2D eigenvalue weighted by Crippen LogP contribution is 2.07. The summed E-state index contributed by atoms with van der Waals surface area (Å²) in [5, 5.41) is 6.37. The molecule has 0 aromatic carbocycles. The second-order valence-corrected chi connectivity index (χ2v) is 4.23. The third kappa shape index (κ3) is 6.08. The topological polar surface area (TPSA) is 50.4 Å². The van der Waals surface area contributed by atoms with Gasteiger partial charge in [0, 0.05) is 32.2 Å². The Labute approximate surface area is 98.1 Å². The van der Waals surface area contributed by atoms with Gasteiger partial charge in [-0.1, -0.05) is 0 Å². The fraction of sp³-hybridized carbons (Fsp3) is 0.917. The van der Waals surface area contributed by atoms with Crippen molar-refractivity contribution in [1.29, 1.82) is 0 Å². The Hall–Kier alpha value is -0.610. The van der Waals surface area contributed by atoms with Gasteiger partial charge in [0.25, 0.3) is 0 Å². The lowest BCUT2D eigenvalue weighted by Crippen LogP contribution is -2.30. The number of hydrogen-bond acceptors (Lipinski definition) is 3. The molecular weight excluding hydrogens is 204 g/mol. The summed E-state index contributed by atoms with van der Waals surface area (Å²) in [6.07, 6.45) is 4.98. The molecule has 1 saturated heterocycles. The monoisotopic (exact) mass is 228 g/mol. The van der Waals surface area contributed by atoms with Gasteiger partial charge in [-0.2, -0.15) is 0 Å². The molecule has 0 aliphatic carbocycles. The molecule has 1 heterocycles. The van der Waals surface area contributed by atoms with Crippen LogP contribution in [-0.2, 0) is 9.53 Å². The molecule has 4 heteroatoms. The number of amides is 1. The van der Waals surface area contributed by atoms with E-state index in [0.29, 0.717) is 19.1 Å². The van der Waals surface area contributed by atoms with Gasteiger partial charge in [-0.05, 0) is 39.2 Å². The van der Waals surface area contributed by atoms with Gasteiger partial charge in [0.2, 0.25) is 5.91 Å². The highest BCUT2D eigenvalue weighted by molar-refractivity contribution is 5.75. The van der Waals surface area contributed by atoms with E-state index in [0.717, 1.165) is 32.5 Å². The van der Waals surface area contributed by atoms with Crippen molar-refractivity contribution in [3.05, 3.63) is 0 Å². The predicted molar refractivity (Wildman–Crippen MR) is 64.4 cm³/mol. The van der Waals surface area contributed by atoms with Crippen LogP contribution in [0.3, 0.4) is 0 Å². The first-order valence-corrected chi connectivity index (χ1v) is 6.40. The van der Waals surface area contributed by atoms with Crippen LogP contribution in [-0.4, -0.2) is 38.3 Å². The molecule has 1 atom stereocenters. The zero-order chi connectivity index (χ0) is 11.6. The molecule has 1 aliphatic rings. The molecule has 1 rings (SSSR count). The van der Waals surface area contributed by atoms with Crippen LogP contribution in [0.1, 0.15) is 39.0 Å². The maximum absolute atomic E-state index is 11.4. The summed E-state index contributed by atoms with van der Waals surface area (Å²) in [6, 6.07) is 0.615. The number of rotatable bonds is 8. The van der Waals surface area contributed by atoms with Gasteiger partial charge < -0.3 is 15.4 Å². The molecule has 0 bridgehead atoms. The molecule has 16 heavy (non-hydrogen) atoms. The quantitative estimate of drug-likeness (QED) is 0.611. The first-order valence-electron chi connectivity index (χ1n) is 6.40. The van der Waals surface area contributed by atoms with E-state index in [-0.39, 0.29) is 5.91 Å². The molecule has 0 aromatic heterocycles. The molecule has 0 radical (unpaired) electrons. The summed E-state index contributed by atoms with van der Waals surface area (Å²) in [6.45, 7) is 5.32. The van der Waals surface area contributed by atoms with E-state index in [1.807, 2.05) is 6.92 Å². The minimum absolute atomic E-state index is 0.151. The second-order valence-electron chi connectivity index (χ2n) is 4.23. The number of carbonyl (C=O) groups is 1. The van der Waals surface area contributed by atoms with Crippen LogP contribution in [0.2, 0.25) is 0 Å². The maximum atomic E-state index is 11.4. The second kappa shape index (κ2) is 8.53. The highest BCUT2D eigenvalue weighted by atomic mass is 16.5. The van der Waals surface area contributed by atoms with Crippen molar-refractivity contribution in [2.75, 3.05) is 26.3 Å². The number of ether oxygens (including phenoxy) is 1. The minimum Gasteiger partial charge on any atom is -0.382 e. The summed E-state index contributed by atoms with van der Waals surface area (Å²) in [5.74, 6) is 0.151. The SMILES string of the molecule is CCOCCCC(=O)NCC[C@H]1CCCN1. The summed E-state index contributed by atoms with van der Waals surface area (Å²) in [5.41, 5.74) is 0. The normalized spacial score (nSPS) is 19.9. The lowest BCUT2D eigenvalue weighted by atomic mass is 10.1. The average Bonchev–Trinajstić information content (AvgIpc) is 2.77. The van der Waals surface area contributed by atoms with Gasteiger partial charge in [0.05, 0.1) is 0 Å². The van der Waals surface area contributed by atoms with Crippen molar-refractivity contribution in [1.82, 2.24) is 10.6 Å². The third-order valence-electron chi connectivity index (χ3n) is 2.87. The first kappa shape index (κ1) is 13.5. The van der Waals surface area contributed by atoms with Crippen LogP contribution in [0.15, 0.2) is 0 Å². The molecule has 1 fully saturated rings. The van der Waals surface area contributed by atoms with E-state index >= 15 is 0 Å². The van der Waals surface area contributed by atoms with Crippen LogP contribution >= 0.6 is 0 Å². The molecular formula is C12H24N2O2. The fourth-order valence-corrected chi connectivity index (χ4v) is 1.96.